The van der Waals surface area contributed by atoms with Gasteiger partial charge in [0.15, 0.2) is 0 Å². The van der Waals surface area contributed by atoms with E-state index in [1.807, 2.05) is 6.07 Å². The highest BCUT2D eigenvalue weighted by Crippen LogP contribution is 2.31. The molecule has 0 amide bonds. The van der Waals surface area contributed by atoms with Crippen molar-refractivity contribution in [2.45, 2.75) is 46.5 Å². The van der Waals surface area contributed by atoms with Crippen molar-refractivity contribution in [1.82, 2.24) is 14.6 Å². The predicted octanol–water partition coefficient (Wildman–Crippen LogP) is 4.73. The number of H-pyrrole nitrogens is 2. The Balaban J connectivity index is 1.60. The summed E-state index contributed by atoms with van der Waals surface area (Å²) in [6, 6.07) is 5.42. The molecule has 0 saturated heterocycles. The molecular weight excluding hydrogens is 404 g/mol. The van der Waals surface area contributed by atoms with Crippen LogP contribution in [-0.4, -0.2) is 28.0 Å². The van der Waals surface area contributed by atoms with Crippen LogP contribution in [0.1, 0.15) is 46.5 Å². The van der Waals surface area contributed by atoms with E-state index in [1.165, 1.54) is 11.1 Å². The van der Waals surface area contributed by atoms with Crippen LogP contribution in [0.4, 0.5) is 0 Å². The maximum atomic E-state index is 13.0. The summed E-state index contributed by atoms with van der Waals surface area (Å²) in [6.45, 7) is 6.45. The van der Waals surface area contributed by atoms with Crippen LogP contribution in [0.3, 0.4) is 0 Å². The molecule has 2 N–H and O–H groups in total. The summed E-state index contributed by atoms with van der Waals surface area (Å²) < 4.78 is 6.17. The highest BCUT2D eigenvalue weighted by molar-refractivity contribution is 6.04. The van der Waals surface area contributed by atoms with Gasteiger partial charge in [-0.1, -0.05) is 30.2 Å². The summed E-state index contributed by atoms with van der Waals surface area (Å²) in [4.78, 5) is 31.6. The Hall–Kier alpha value is -3.35. The second-order valence-corrected chi connectivity index (χ2v) is 8.86. The highest BCUT2D eigenvalue weighted by atomic mass is 16.5. The number of benzene rings is 1. The van der Waals surface area contributed by atoms with Crippen LogP contribution in [0.5, 0.6) is 5.75 Å². The van der Waals surface area contributed by atoms with Crippen molar-refractivity contribution in [3.8, 4) is 5.75 Å². The molecule has 2 aromatic heterocycles. The number of hydrogen-bond acceptors (Lipinski definition) is 4. The molecule has 1 aliphatic carbocycles. The van der Waals surface area contributed by atoms with Crippen LogP contribution < -0.4 is 16.0 Å². The van der Waals surface area contributed by atoms with Crippen molar-refractivity contribution in [3.05, 3.63) is 62.3 Å². The average molecular weight is 435 g/mol. The molecule has 0 bridgehead atoms. The van der Waals surface area contributed by atoms with Gasteiger partial charge in [-0.15, -0.1) is 4.68 Å². The zero-order valence-electron chi connectivity index (χ0n) is 19.1. The fourth-order valence-corrected chi connectivity index (χ4v) is 4.34. The summed E-state index contributed by atoms with van der Waals surface area (Å²) >= 11 is 0. The van der Waals surface area contributed by atoms with E-state index in [-0.39, 0.29) is 5.92 Å². The van der Waals surface area contributed by atoms with Gasteiger partial charge in [-0.25, -0.2) is 4.79 Å². The smallest absolute Gasteiger partial charge is 0.350 e. The van der Waals surface area contributed by atoms with E-state index in [1.54, 1.807) is 25.5 Å². The normalized spacial score (nSPS) is 18.9. The number of methoxy groups -OCH3 is 1. The van der Waals surface area contributed by atoms with Crippen LogP contribution >= 0.6 is 0 Å². The summed E-state index contributed by atoms with van der Waals surface area (Å²) in [5, 5.41) is 5.03. The summed E-state index contributed by atoms with van der Waals surface area (Å²) in [5.41, 5.74) is 3.35. The second-order valence-electron chi connectivity index (χ2n) is 8.86. The molecule has 2 atom stereocenters. The molecule has 4 rings (SSSR count). The number of allylic oxidation sites excluding steroid dienone is 4. The molecule has 2 heterocycles. The van der Waals surface area contributed by atoms with Crippen LogP contribution in [0.15, 0.2) is 56.2 Å². The Labute approximate surface area is 186 Å². The van der Waals surface area contributed by atoms with Crippen molar-refractivity contribution < 1.29 is 4.74 Å². The zero-order chi connectivity index (χ0) is 22.8. The molecule has 0 unspecified atom stereocenters. The average Bonchev–Trinajstić information content (AvgIpc) is 3.12. The van der Waals surface area contributed by atoms with Crippen molar-refractivity contribution in [2.24, 2.45) is 16.9 Å². The summed E-state index contributed by atoms with van der Waals surface area (Å²) in [6.07, 6.45) is 10.4. The van der Waals surface area contributed by atoms with Gasteiger partial charge in [0.2, 0.25) is 0 Å². The highest BCUT2D eigenvalue weighted by Gasteiger charge is 2.21. The minimum absolute atomic E-state index is 0.191. The van der Waals surface area contributed by atoms with E-state index in [4.69, 9.17) is 4.74 Å². The van der Waals surface area contributed by atoms with Crippen molar-refractivity contribution in [2.75, 3.05) is 7.11 Å². The van der Waals surface area contributed by atoms with Crippen LogP contribution in [0.2, 0.25) is 0 Å². The SMILES string of the molecule is COc1ccc2[nH]c3c(=O)n(/N=C\[C@H]4CC=C(CCC=C(C)C)C[C@@H]4C)c(=O)[nH]c3c2c1. The number of rotatable bonds is 6. The summed E-state index contributed by atoms with van der Waals surface area (Å²) in [7, 11) is 1.58. The molecule has 7 nitrogen and oxygen atoms in total. The lowest BCUT2D eigenvalue weighted by Gasteiger charge is -2.25. The number of ether oxygens (including phenoxy) is 1. The van der Waals surface area contributed by atoms with Crippen LogP contribution in [-0.2, 0) is 0 Å². The van der Waals surface area contributed by atoms with Crippen LogP contribution in [0.25, 0.3) is 21.9 Å². The molecule has 0 fully saturated rings. The van der Waals surface area contributed by atoms with Gasteiger partial charge in [0, 0.05) is 23.0 Å². The monoisotopic (exact) mass is 434 g/mol. The molecule has 7 heteroatoms. The Kier molecular flexibility index (Phi) is 6.17. The van der Waals surface area contributed by atoms with Crippen molar-refractivity contribution in [3.63, 3.8) is 0 Å². The lowest BCUT2D eigenvalue weighted by atomic mass is 9.80. The van der Waals surface area contributed by atoms with E-state index < -0.39 is 11.2 Å². The quantitative estimate of drug-likeness (QED) is 0.434. The first-order valence-electron chi connectivity index (χ1n) is 11.1. The lowest BCUT2D eigenvalue weighted by Crippen LogP contribution is -2.32. The van der Waals surface area contributed by atoms with Gasteiger partial charge in [0.1, 0.15) is 11.3 Å². The Morgan fingerprint density at radius 3 is 2.78 bits per heavy atom. The molecule has 0 aliphatic heterocycles. The Morgan fingerprint density at radius 1 is 1.25 bits per heavy atom. The number of nitrogens with one attached hydrogen (secondary N) is 2. The molecule has 3 aromatic rings. The Bertz CT molecular complexity index is 1350. The maximum Gasteiger partial charge on any atom is 0.350 e. The third-order valence-electron chi connectivity index (χ3n) is 6.22. The molecule has 168 valence electrons. The number of hydrogen-bond donors (Lipinski definition) is 2. The standard InChI is InChI=1S/C25H30N4O3/c1-15(2)6-5-7-17-8-9-18(16(3)12-17)14-26-29-24(30)23-22(28-25(29)31)20-13-19(32-4)10-11-21(20)27-23/h6,8,10-11,13-14,16,18,27H,5,7,9,12H2,1-4H3,(H,28,31)/b26-14-/t16-,18+/m0/s1. The van der Waals surface area contributed by atoms with E-state index in [0.29, 0.717) is 22.7 Å². The van der Waals surface area contributed by atoms with Gasteiger partial charge >= 0.3 is 11.2 Å². The largest absolute Gasteiger partial charge is 0.497 e. The van der Waals surface area contributed by atoms with Gasteiger partial charge in [-0.05, 0) is 63.6 Å². The molecule has 0 radical (unpaired) electrons. The Morgan fingerprint density at radius 2 is 2.06 bits per heavy atom. The number of aromatic amines is 2. The molecule has 0 spiro atoms. The van der Waals surface area contributed by atoms with Crippen molar-refractivity contribution >= 4 is 28.2 Å². The zero-order valence-corrected chi connectivity index (χ0v) is 19.1. The number of nitrogens with zero attached hydrogens (tertiary/aromatic N) is 2. The number of aromatic nitrogens is 3. The van der Waals surface area contributed by atoms with Gasteiger partial charge in [0.25, 0.3) is 0 Å². The minimum atomic E-state index is -0.552. The lowest BCUT2D eigenvalue weighted by molar-refractivity contribution is 0.415. The van der Waals surface area contributed by atoms with E-state index in [9.17, 15) is 9.59 Å². The molecule has 1 aliphatic rings. The number of fused-ring (bicyclic) bond motifs is 3. The third kappa shape index (κ3) is 4.33. The van der Waals surface area contributed by atoms with Gasteiger partial charge in [0.05, 0.1) is 12.6 Å². The van der Waals surface area contributed by atoms with Gasteiger partial charge in [-0.3, -0.25) is 4.79 Å². The van der Waals surface area contributed by atoms with Crippen LogP contribution in [0, 0.1) is 11.8 Å². The van der Waals surface area contributed by atoms with Crippen molar-refractivity contribution in [1.29, 1.82) is 0 Å². The van der Waals surface area contributed by atoms with E-state index in [0.717, 1.165) is 41.3 Å². The first-order chi connectivity index (χ1) is 15.4. The first-order valence-corrected chi connectivity index (χ1v) is 11.1. The molecular formula is C25H30N4O3. The molecule has 1 aromatic carbocycles. The second kappa shape index (κ2) is 9.02. The topological polar surface area (TPSA) is 92.2 Å². The summed E-state index contributed by atoms with van der Waals surface area (Å²) in [5.74, 6) is 1.25. The predicted molar refractivity (Wildman–Crippen MR) is 130 cm³/mol. The third-order valence-corrected chi connectivity index (χ3v) is 6.22. The fraction of sp³-hybridized carbons (Fsp3) is 0.400. The molecule has 0 saturated carbocycles. The van der Waals surface area contributed by atoms with E-state index in [2.05, 4.69) is 48.0 Å². The molecule has 32 heavy (non-hydrogen) atoms. The maximum absolute atomic E-state index is 13.0. The van der Waals surface area contributed by atoms with Gasteiger partial charge in [-0.2, -0.15) is 5.10 Å². The minimum Gasteiger partial charge on any atom is -0.497 e. The fourth-order valence-electron chi connectivity index (χ4n) is 4.34. The first kappa shape index (κ1) is 21.9. The van der Waals surface area contributed by atoms with Gasteiger partial charge < -0.3 is 14.7 Å². The van der Waals surface area contributed by atoms with E-state index >= 15 is 0 Å².